The highest BCUT2D eigenvalue weighted by molar-refractivity contribution is 5.93. The van der Waals surface area contributed by atoms with Crippen molar-refractivity contribution < 1.29 is 9.18 Å². The highest BCUT2D eigenvalue weighted by atomic mass is 19.1. The van der Waals surface area contributed by atoms with Crippen LogP contribution in [0.1, 0.15) is 49.2 Å². The number of likely N-dealkylation sites (tertiary alicyclic amines) is 1. The molecule has 4 rings (SSSR count). The first-order valence-corrected chi connectivity index (χ1v) is 9.59. The van der Waals surface area contributed by atoms with Crippen LogP contribution in [0.25, 0.3) is 0 Å². The Morgan fingerprint density at radius 2 is 1.89 bits per heavy atom. The molecule has 1 unspecified atom stereocenters. The Bertz CT molecular complexity index is 847. The van der Waals surface area contributed by atoms with Crippen molar-refractivity contribution in [3.63, 3.8) is 0 Å². The standard InChI is InChI=1S/C22H26FN3O/c1-16-5-10-19(24-13-16)20(27)25-12-4-11-22(25)14-21(2,3)26(15-22)18-8-6-17(23)7-9-18/h5-10,13H,4,11-12,14-15H2,1-3H3. The second-order valence-electron chi connectivity index (χ2n) is 8.56. The van der Waals surface area contributed by atoms with E-state index in [0.29, 0.717) is 5.69 Å². The Balaban J connectivity index is 1.64. The van der Waals surface area contributed by atoms with Crippen molar-refractivity contribution in [2.24, 2.45) is 0 Å². The zero-order valence-corrected chi connectivity index (χ0v) is 16.2. The summed E-state index contributed by atoms with van der Waals surface area (Å²) in [6, 6.07) is 10.4. The van der Waals surface area contributed by atoms with Crippen LogP contribution in [-0.4, -0.2) is 40.0 Å². The van der Waals surface area contributed by atoms with Crippen LogP contribution in [-0.2, 0) is 0 Å². The molecule has 2 aliphatic heterocycles. The van der Waals surface area contributed by atoms with E-state index < -0.39 is 0 Å². The van der Waals surface area contributed by atoms with E-state index in [4.69, 9.17) is 0 Å². The third-order valence-corrected chi connectivity index (χ3v) is 6.06. The minimum atomic E-state index is -0.228. The molecule has 27 heavy (non-hydrogen) atoms. The average molecular weight is 367 g/mol. The van der Waals surface area contributed by atoms with Crippen molar-refractivity contribution in [3.8, 4) is 0 Å². The summed E-state index contributed by atoms with van der Waals surface area (Å²) in [6.07, 6.45) is 4.64. The number of hydrogen-bond donors (Lipinski definition) is 0. The van der Waals surface area contributed by atoms with Crippen LogP contribution in [0.2, 0.25) is 0 Å². The number of pyridine rings is 1. The Kier molecular flexibility index (Phi) is 4.21. The molecule has 0 aliphatic carbocycles. The predicted molar refractivity (Wildman–Crippen MR) is 104 cm³/mol. The third kappa shape index (κ3) is 3.09. The van der Waals surface area contributed by atoms with E-state index in [1.807, 2.05) is 36.1 Å². The van der Waals surface area contributed by atoms with Gasteiger partial charge in [0.25, 0.3) is 5.91 Å². The number of nitrogens with zero attached hydrogens (tertiary/aromatic N) is 3. The van der Waals surface area contributed by atoms with Gasteiger partial charge in [-0.05, 0) is 75.9 Å². The van der Waals surface area contributed by atoms with Gasteiger partial charge in [0.1, 0.15) is 11.5 Å². The van der Waals surface area contributed by atoms with E-state index in [1.165, 1.54) is 12.1 Å². The summed E-state index contributed by atoms with van der Waals surface area (Å²) in [5.74, 6) is -0.210. The molecule has 1 amide bonds. The molecule has 2 fully saturated rings. The zero-order valence-electron chi connectivity index (χ0n) is 16.2. The highest BCUT2D eigenvalue weighted by Gasteiger charge is 2.55. The summed E-state index contributed by atoms with van der Waals surface area (Å²) in [7, 11) is 0. The first-order chi connectivity index (χ1) is 12.8. The molecule has 2 aliphatic rings. The molecule has 1 atom stereocenters. The smallest absolute Gasteiger partial charge is 0.272 e. The molecule has 3 heterocycles. The van der Waals surface area contributed by atoms with Gasteiger partial charge in [0.05, 0.1) is 5.54 Å². The molecule has 0 bridgehead atoms. The second kappa shape index (κ2) is 6.32. The van der Waals surface area contributed by atoms with Crippen molar-refractivity contribution in [3.05, 3.63) is 59.7 Å². The SMILES string of the molecule is Cc1ccc(C(=O)N2CCCC23CN(c2ccc(F)cc2)C(C)(C)C3)nc1. The number of hydrogen-bond acceptors (Lipinski definition) is 3. The van der Waals surface area contributed by atoms with Gasteiger partial charge in [-0.2, -0.15) is 0 Å². The molecule has 2 saturated heterocycles. The van der Waals surface area contributed by atoms with Gasteiger partial charge in [-0.25, -0.2) is 4.39 Å². The highest BCUT2D eigenvalue weighted by Crippen LogP contribution is 2.47. The van der Waals surface area contributed by atoms with Crippen molar-refractivity contribution >= 4 is 11.6 Å². The van der Waals surface area contributed by atoms with Gasteiger partial charge in [-0.3, -0.25) is 9.78 Å². The summed E-state index contributed by atoms with van der Waals surface area (Å²) < 4.78 is 13.4. The van der Waals surface area contributed by atoms with Gasteiger partial charge >= 0.3 is 0 Å². The molecule has 1 spiro atoms. The molecular weight excluding hydrogens is 341 g/mol. The Labute approximate surface area is 160 Å². The molecule has 142 valence electrons. The molecule has 0 N–H and O–H groups in total. The molecule has 1 aromatic carbocycles. The quantitative estimate of drug-likeness (QED) is 0.798. The van der Waals surface area contributed by atoms with Crippen molar-refractivity contribution in [2.75, 3.05) is 18.0 Å². The van der Waals surface area contributed by atoms with E-state index in [2.05, 4.69) is 23.7 Å². The summed E-state index contributed by atoms with van der Waals surface area (Å²) >= 11 is 0. The number of anilines is 1. The molecule has 5 heteroatoms. The van der Waals surface area contributed by atoms with Crippen LogP contribution in [0.5, 0.6) is 0 Å². The van der Waals surface area contributed by atoms with Gasteiger partial charge in [0.2, 0.25) is 0 Å². The van der Waals surface area contributed by atoms with Crippen LogP contribution in [0.15, 0.2) is 42.6 Å². The Morgan fingerprint density at radius 1 is 1.15 bits per heavy atom. The number of aryl methyl sites for hydroxylation is 1. The van der Waals surface area contributed by atoms with Gasteiger partial charge in [-0.1, -0.05) is 6.07 Å². The van der Waals surface area contributed by atoms with Crippen molar-refractivity contribution in [2.45, 2.75) is 51.1 Å². The predicted octanol–water partition coefficient (Wildman–Crippen LogP) is 4.19. The van der Waals surface area contributed by atoms with Crippen LogP contribution in [0, 0.1) is 12.7 Å². The summed E-state index contributed by atoms with van der Waals surface area (Å²) in [5.41, 5.74) is 2.27. The summed E-state index contributed by atoms with van der Waals surface area (Å²) in [5, 5.41) is 0. The maximum absolute atomic E-state index is 13.4. The Morgan fingerprint density at radius 3 is 2.56 bits per heavy atom. The van der Waals surface area contributed by atoms with Gasteiger partial charge in [0, 0.05) is 30.5 Å². The fourth-order valence-electron chi connectivity index (χ4n) is 4.86. The van der Waals surface area contributed by atoms with Crippen LogP contribution < -0.4 is 4.90 Å². The number of amides is 1. The molecule has 4 nitrogen and oxygen atoms in total. The van der Waals surface area contributed by atoms with Gasteiger partial charge in [0.15, 0.2) is 0 Å². The molecule has 1 aromatic heterocycles. The largest absolute Gasteiger partial charge is 0.364 e. The van der Waals surface area contributed by atoms with Gasteiger partial charge in [-0.15, -0.1) is 0 Å². The lowest BCUT2D eigenvalue weighted by atomic mass is 9.87. The third-order valence-electron chi connectivity index (χ3n) is 6.06. The minimum Gasteiger partial charge on any atom is -0.364 e. The number of rotatable bonds is 2. The molecule has 0 radical (unpaired) electrons. The number of benzene rings is 1. The van der Waals surface area contributed by atoms with Crippen molar-refractivity contribution in [1.29, 1.82) is 0 Å². The van der Waals surface area contributed by atoms with Crippen LogP contribution in [0.3, 0.4) is 0 Å². The lowest BCUT2D eigenvalue weighted by molar-refractivity contribution is 0.0611. The van der Waals surface area contributed by atoms with E-state index in [1.54, 1.807) is 6.20 Å². The maximum atomic E-state index is 13.4. The van der Waals surface area contributed by atoms with E-state index in [0.717, 1.165) is 43.6 Å². The average Bonchev–Trinajstić information content (AvgIpc) is 3.15. The topological polar surface area (TPSA) is 36.4 Å². The molecule has 2 aromatic rings. The fourth-order valence-corrected chi connectivity index (χ4v) is 4.86. The van der Waals surface area contributed by atoms with Crippen LogP contribution in [0.4, 0.5) is 10.1 Å². The lowest BCUT2D eigenvalue weighted by Crippen LogP contribution is -2.49. The monoisotopic (exact) mass is 367 g/mol. The number of carbonyl (C=O) groups is 1. The van der Waals surface area contributed by atoms with Crippen LogP contribution >= 0.6 is 0 Å². The number of aromatic nitrogens is 1. The number of halogens is 1. The first-order valence-electron chi connectivity index (χ1n) is 9.59. The summed E-state index contributed by atoms with van der Waals surface area (Å²) in [4.78, 5) is 21.9. The molecule has 0 saturated carbocycles. The fraction of sp³-hybridized carbons (Fsp3) is 0.455. The molecular formula is C22H26FN3O. The second-order valence-corrected chi connectivity index (χ2v) is 8.56. The van der Waals surface area contributed by atoms with Gasteiger partial charge < -0.3 is 9.80 Å². The Hall–Kier alpha value is -2.43. The number of carbonyl (C=O) groups excluding carboxylic acids is 1. The first kappa shape index (κ1) is 18.0. The minimum absolute atomic E-state index is 0.0178. The van der Waals surface area contributed by atoms with E-state index in [-0.39, 0.29) is 22.8 Å². The van der Waals surface area contributed by atoms with E-state index >= 15 is 0 Å². The normalized spacial score (nSPS) is 24.0. The van der Waals surface area contributed by atoms with Crippen molar-refractivity contribution in [1.82, 2.24) is 9.88 Å². The van der Waals surface area contributed by atoms with E-state index in [9.17, 15) is 9.18 Å². The summed E-state index contributed by atoms with van der Waals surface area (Å²) in [6.45, 7) is 7.91. The lowest BCUT2D eigenvalue weighted by Gasteiger charge is -2.35. The maximum Gasteiger partial charge on any atom is 0.272 e. The zero-order chi connectivity index (χ0) is 19.2.